The molecule has 2 fully saturated rings. The molecule has 7 heteroatoms. The largest absolute Gasteiger partial charge is 0.493 e. The van der Waals surface area contributed by atoms with Crippen molar-refractivity contribution < 1.29 is 14.3 Å². The van der Waals surface area contributed by atoms with Crippen molar-refractivity contribution in [2.75, 3.05) is 14.2 Å². The lowest BCUT2D eigenvalue weighted by Crippen LogP contribution is -2.40. The second-order valence-corrected chi connectivity index (χ2v) is 8.28. The first-order valence-corrected chi connectivity index (χ1v) is 11.0. The fourth-order valence-electron chi connectivity index (χ4n) is 3.92. The molecule has 1 saturated carbocycles. The molecule has 30 heavy (non-hydrogen) atoms. The number of hydrogen-bond donors (Lipinski definition) is 0. The number of amides is 1. The van der Waals surface area contributed by atoms with Crippen molar-refractivity contribution in [2.45, 2.75) is 38.1 Å². The lowest BCUT2D eigenvalue weighted by molar-refractivity contribution is -0.124. The number of carbonyl (C=O) groups excluding carboxylic acids is 1. The van der Waals surface area contributed by atoms with Crippen LogP contribution in [0.4, 0.5) is 5.69 Å². The number of amidine groups is 1. The Hall–Kier alpha value is -2.80. The molecule has 1 aromatic carbocycles. The fraction of sp³-hybridized carbons (Fsp3) is 0.348. The Morgan fingerprint density at radius 3 is 2.67 bits per heavy atom. The molecule has 0 atom stereocenters. The highest BCUT2D eigenvalue weighted by Crippen LogP contribution is 2.40. The molecular weight excluding hydrogens is 398 g/mol. The average molecular weight is 424 g/mol. The number of hydrogen-bond acceptors (Lipinski definition) is 6. The van der Waals surface area contributed by atoms with E-state index in [-0.39, 0.29) is 11.9 Å². The number of aliphatic imine (C=N–C) groups is 1. The van der Waals surface area contributed by atoms with E-state index in [0.717, 1.165) is 36.9 Å². The highest BCUT2D eigenvalue weighted by Gasteiger charge is 2.38. The van der Waals surface area contributed by atoms with Crippen molar-refractivity contribution in [3.8, 4) is 11.5 Å². The second-order valence-electron chi connectivity index (χ2n) is 7.27. The lowest BCUT2D eigenvalue weighted by atomic mass is 9.94. The van der Waals surface area contributed by atoms with Gasteiger partial charge in [0.25, 0.3) is 5.91 Å². The molecule has 2 aromatic rings. The predicted octanol–water partition coefficient (Wildman–Crippen LogP) is 5.04. The highest BCUT2D eigenvalue weighted by molar-refractivity contribution is 8.18. The summed E-state index contributed by atoms with van der Waals surface area (Å²) in [4.78, 5) is 24.9. The monoisotopic (exact) mass is 423 g/mol. The third-order valence-electron chi connectivity index (χ3n) is 5.37. The lowest BCUT2D eigenvalue weighted by Gasteiger charge is -2.30. The van der Waals surface area contributed by atoms with Crippen molar-refractivity contribution in [2.24, 2.45) is 4.99 Å². The van der Waals surface area contributed by atoms with E-state index in [1.807, 2.05) is 41.3 Å². The number of thioether (sulfide) groups is 1. The predicted molar refractivity (Wildman–Crippen MR) is 120 cm³/mol. The minimum absolute atomic E-state index is 0.000543. The van der Waals surface area contributed by atoms with Gasteiger partial charge in [0.2, 0.25) is 0 Å². The maximum atomic E-state index is 13.4. The first-order valence-electron chi connectivity index (χ1n) is 10.1. The molecule has 4 rings (SSSR count). The van der Waals surface area contributed by atoms with Crippen LogP contribution in [0.15, 0.2) is 52.6 Å². The Bertz CT molecular complexity index is 969. The summed E-state index contributed by atoms with van der Waals surface area (Å²) in [5.41, 5.74) is 1.55. The zero-order valence-electron chi connectivity index (χ0n) is 17.2. The van der Waals surface area contributed by atoms with Crippen molar-refractivity contribution in [3.05, 3.63) is 53.2 Å². The smallest absolute Gasteiger partial charge is 0.267 e. The van der Waals surface area contributed by atoms with Crippen LogP contribution in [0, 0.1) is 0 Å². The molecule has 0 bridgehead atoms. The Kier molecular flexibility index (Phi) is 6.38. The molecular formula is C23H25N3O3S. The molecule has 0 spiro atoms. The van der Waals surface area contributed by atoms with Gasteiger partial charge >= 0.3 is 0 Å². The van der Waals surface area contributed by atoms with Gasteiger partial charge in [-0.15, -0.1) is 0 Å². The molecule has 6 nitrogen and oxygen atoms in total. The van der Waals surface area contributed by atoms with Crippen LogP contribution in [-0.4, -0.2) is 41.2 Å². The quantitative estimate of drug-likeness (QED) is 0.631. The van der Waals surface area contributed by atoms with Crippen molar-refractivity contribution >= 4 is 34.6 Å². The third-order valence-corrected chi connectivity index (χ3v) is 6.35. The second kappa shape index (κ2) is 9.34. The van der Waals surface area contributed by atoms with Crippen LogP contribution in [0.1, 0.15) is 37.7 Å². The number of para-hydroxylation sites is 1. The number of pyridine rings is 1. The van der Waals surface area contributed by atoms with Crippen molar-refractivity contribution in [3.63, 3.8) is 0 Å². The summed E-state index contributed by atoms with van der Waals surface area (Å²) in [5, 5.41) is 0.716. The van der Waals surface area contributed by atoms with Gasteiger partial charge in [-0.25, -0.2) is 4.99 Å². The zero-order valence-corrected chi connectivity index (χ0v) is 18.0. The molecule has 2 heterocycles. The number of rotatable bonds is 5. The number of nitrogens with zero attached hydrogens (tertiary/aromatic N) is 3. The molecule has 0 radical (unpaired) electrons. The maximum absolute atomic E-state index is 13.4. The summed E-state index contributed by atoms with van der Waals surface area (Å²) < 4.78 is 10.9. The molecule has 0 N–H and O–H groups in total. The van der Waals surface area contributed by atoms with E-state index in [2.05, 4.69) is 4.98 Å². The Balaban J connectivity index is 1.73. The van der Waals surface area contributed by atoms with Gasteiger partial charge in [-0.05, 0) is 48.9 Å². The number of benzene rings is 1. The van der Waals surface area contributed by atoms with Gasteiger partial charge in [0.1, 0.15) is 0 Å². The van der Waals surface area contributed by atoms with Crippen molar-refractivity contribution in [1.82, 2.24) is 9.88 Å². The molecule has 1 saturated heterocycles. The van der Waals surface area contributed by atoms with Gasteiger partial charge in [-0.3, -0.25) is 14.7 Å². The van der Waals surface area contributed by atoms with E-state index in [1.54, 1.807) is 26.6 Å². The van der Waals surface area contributed by atoms with Gasteiger partial charge in [0.15, 0.2) is 16.7 Å². The Labute approximate surface area is 181 Å². The van der Waals surface area contributed by atoms with Gasteiger partial charge < -0.3 is 9.47 Å². The first-order chi connectivity index (χ1) is 14.7. The molecule has 1 amide bonds. The van der Waals surface area contributed by atoms with Crippen LogP contribution in [0.2, 0.25) is 0 Å². The van der Waals surface area contributed by atoms with E-state index < -0.39 is 0 Å². The Morgan fingerprint density at radius 1 is 1.13 bits per heavy atom. The SMILES string of the molecule is COc1cccc(/C=C2\SC(=Nc3cccnc3)N(C3CCCCC3)C2=O)c1OC. The molecule has 2 aliphatic rings. The maximum Gasteiger partial charge on any atom is 0.267 e. The number of carbonyl (C=O) groups is 1. The minimum atomic E-state index is -0.000543. The van der Waals surface area contributed by atoms with E-state index in [9.17, 15) is 4.79 Å². The molecule has 156 valence electrons. The molecule has 1 aromatic heterocycles. The normalized spacial score (nSPS) is 20.2. The number of aromatic nitrogens is 1. The van der Waals surface area contributed by atoms with E-state index in [0.29, 0.717) is 21.6 Å². The summed E-state index contributed by atoms with van der Waals surface area (Å²) in [7, 11) is 3.21. The van der Waals surface area contributed by atoms with Crippen LogP contribution in [0.25, 0.3) is 6.08 Å². The molecule has 0 unspecified atom stereocenters. The topological polar surface area (TPSA) is 64.0 Å². The van der Waals surface area contributed by atoms with Gasteiger partial charge in [0.05, 0.1) is 31.0 Å². The summed E-state index contributed by atoms with van der Waals surface area (Å²) in [6.07, 6.45) is 10.8. The van der Waals surface area contributed by atoms with Crippen LogP contribution in [0.5, 0.6) is 11.5 Å². The minimum Gasteiger partial charge on any atom is -0.493 e. The van der Waals surface area contributed by atoms with Crippen LogP contribution in [0.3, 0.4) is 0 Å². The molecule has 1 aliphatic carbocycles. The average Bonchev–Trinajstić information content (AvgIpc) is 3.09. The number of ether oxygens (including phenoxy) is 2. The summed E-state index contributed by atoms with van der Waals surface area (Å²) in [6, 6.07) is 9.59. The standard InChI is InChI=1S/C23H25N3O3S/c1-28-19-12-6-8-16(21(19)29-2)14-20-22(27)26(18-10-4-3-5-11-18)23(30-20)25-17-9-7-13-24-15-17/h6-9,12-15,18H,3-5,10-11H2,1-2H3/b20-14-,25-23?. The van der Waals surface area contributed by atoms with Crippen LogP contribution in [-0.2, 0) is 4.79 Å². The number of methoxy groups -OCH3 is 2. The summed E-state index contributed by atoms with van der Waals surface area (Å²) in [6.45, 7) is 0. The van der Waals surface area contributed by atoms with E-state index in [4.69, 9.17) is 14.5 Å². The van der Waals surface area contributed by atoms with E-state index in [1.165, 1.54) is 18.2 Å². The first kappa shape index (κ1) is 20.5. The van der Waals surface area contributed by atoms with Crippen molar-refractivity contribution in [1.29, 1.82) is 0 Å². The zero-order chi connectivity index (χ0) is 20.9. The van der Waals surface area contributed by atoms with Gasteiger partial charge in [-0.2, -0.15) is 0 Å². The molecule has 1 aliphatic heterocycles. The van der Waals surface area contributed by atoms with E-state index >= 15 is 0 Å². The fourth-order valence-corrected chi connectivity index (χ4v) is 4.97. The summed E-state index contributed by atoms with van der Waals surface area (Å²) >= 11 is 1.41. The third kappa shape index (κ3) is 4.21. The van der Waals surface area contributed by atoms with Crippen LogP contribution >= 0.6 is 11.8 Å². The van der Waals surface area contributed by atoms with Crippen LogP contribution < -0.4 is 9.47 Å². The highest BCUT2D eigenvalue weighted by atomic mass is 32.2. The van der Waals surface area contributed by atoms with Gasteiger partial charge in [0, 0.05) is 17.8 Å². The Morgan fingerprint density at radius 2 is 1.97 bits per heavy atom. The summed E-state index contributed by atoms with van der Waals surface area (Å²) in [5.74, 6) is 1.25. The van der Waals surface area contributed by atoms with Gasteiger partial charge in [-0.1, -0.05) is 31.4 Å².